The summed E-state index contributed by atoms with van der Waals surface area (Å²) in [6.45, 7) is 0. The summed E-state index contributed by atoms with van der Waals surface area (Å²) in [5, 5.41) is 0. The zero-order chi connectivity index (χ0) is 5.21. The normalized spacial score (nSPS) is 9.57. The molecule has 5 heteroatoms. The van der Waals surface area contributed by atoms with E-state index in [1.165, 1.54) is 0 Å². The molecular formula is C2H4F3NO. The quantitative estimate of drug-likeness (QED) is 0.477. The van der Waals surface area contributed by atoms with Crippen LogP contribution in [-0.2, 0) is 4.79 Å². The lowest BCUT2D eigenvalue weighted by Gasteiger charge is -1.87. The highest BCUT2D eigenvalue weighted by atomic mass is 19.4. The minimum atomic E-state index is -4.64. The molecule has 0 aromatic rings. The van der Waals surface area contributed by atoms with Gasteiger partial charge in [-0.3, -0.25) is 4.79 Å². The van der Waals surface area contributed by atoms with Crippen LogP contribution >= 0.6 is 0 Å². The number of hydrogen-bond acceptors (Lipinski definition) is 2. The van der Waals surface area contributed by atoms with Crippen molar-refractivity contribution in [3.63, 3.8) is 0 Å². The molecule has 0 fully saturated rings. The summed E-state index contributed by atoms with van der Waals surface area (Å²) in [7, 11) is 0. The van der Waals surface area contributed by atoms with Crippen molar-refractivity contribution in [3.05, 3.63) is 0 Å². The smallest absolute Gasteiger partial charge is 0.344 e. The van der Waals surface area contributed by atoms with Crippen LogP contribution in [0.25, 0.3) is 0 Å². The van der Waals surface area contributed by atoms with Gasteiger partial charge in [0.25, 0.3) is 0 Å². The third-order valence-corrected chi connectivity index (χ3v) is 0.134. The maximum absolute atomic E-state index is 10.4. The van der Waals surface area contributed by atoms with E-state index in [1.54, 1.807) is 0 Å². The van der Waals surface area contributed by atoms with Crippen molar-refractivity contribution in [1.82, 2.24) is 6.15 Å². The van der Waals surface area contributed by atoms with Gasteiger partial charge in [-0.25, -0.2) is 0 Å². The zero-order valence-electron chi connectivity index (χ0n) is 3.33. The van der Waals surface area contributed by atoms with Gasteiger partial charge in [-0.15, -0.1) is 0 Å². The standard InChI is InChI=1S/C2HF3O.H3N/c3-2(4,5)1-6;/h1H;1H3. The lowest BCUT2D eigenvalue weighted by Crippen LogP contribution is -2.07. The molecule has 0 radical (unpaired) electrons. The van der Waals surface area contributed by atoms with Gasteiger partial charge in [0.15, 0.2) is 0 Å². The molecule has 0 amide bonds. The maximum Gasteiger partial charge on any atom is 0.446 e. The van der Waals surface area contributed by atoms with E-state index in [1.807, 2.05) is 0 Å². The molecule has 0 aromatic carbocycles. The van der Waals surface area contributed by atoms with Crippen molar-refractivity contribution in [1.29, 1.82) is 0 Å². The highest BCUT2D eigenvalue weighted by molar-refractivity contribution is 5.56. The fourth-order valence-corrected chi connectivity index (χ4v) is 0. The lowest BCUT2D eigenvalue weighted by atomic mass is 10.8. The second-order valence-corrected chi connectivity index (χ2v) is 0.659. The lowest BCUT2D eigenvalue weighted by molar-refractivity contribution is -0.156. The molecule has 0 saturated carbocycles. The first-order valence-corrected chi connectivity index (χ1v) is 1.09. The molecule has 2 nitrogen and oxygen atoms in total. The third kappa shape index (κ3) is 10.8. The molecule has 0 rings (SSSR count). The molecule has 0 spiro atoms. The summed E-state index contributed by atoms with van der Waals surface area (Å²) in [6.07, 6.45) is -5.70. The van der Waals surface area contributed by atoms with Crippen LogP contribution in [-0.4, -0.2) is 12.5 Å². The van der Waals surface area contributed by atoms with Crippen LogP contribution in [0.1, 0.15) is 0 Å². The zero-order valence-corrected chi connectivity index (χ0v) is 3.33. The molecule has 0 aliphatic heterocycles. The minimum absolute atomic E-state index is 0. The van der Waals surface area contributed by atoms with E-state index in [-0.39, 0.29) is 6.15 Å². The van der Waals surface area contributed by atoms with Crippen LogP contribution < -0.4 is 6.15 Å². The first-order chi connectivity index (χ1) is 2.56. The Labute approximate surface area is 37.9 Å². The SMILES string of the molecule is N.O=CC(F)(F)F. The van der Waals surface area contributed by atoms with Gasteiger partial charge in [0.05, 0.1) is 0 Å². The molecule has 0 heterocycles. The molecule has 7 heavy (non-hydrogen) atoms. The summed E-state index contributed by atoms with van der Waals surface area (Å²) in [6, 6.07) is 0. The van der Waals surface area contributed by atoms with Gasteiger partial charge >= 0.3 is 6.18 Å². The largest absolute Gasteiger partial charge is 0.446 e. The van der Waals surface area contributed by atoms with E-state index in [0.717, 1.165) is 0 Å². The van der Waals surface area contributed by atoms with Crippen molar-refractivity contribution in [3.8, 4) is 0 Å². The predicted octanol–water partition coefficient (Wildman–Crippen LogP) is 0.910. The number of halogens is 3. The number of aldehydes is 1. The third-order valence-electron chi connectivity index (χ3n) is 0.134. The van der Waals surface area contributed by atoms with E-state index in [4.69, 9.17) is 4.79 Å². The fourth-order valence-electron chi connectivity index (χ4n) is 0. The number of carbonyl (C=O) groups excluding carboxylic acids is 1. The Morgan fingerprint density at radius 3 is 1.43 bits per heavy atom. The molecule has 0 aliphatic rings. The Bertz CT molecular complexity index is 58.4. The molecule has 0 aromatic heterocycles. The van der Waals surface area contributed by atoms with E-state index < -0.39 is 12.5 Å². The minimum Gasteiger partial charge on any atom is -0.344 e. The van der Waals surface area contributed by atoms with Crippen molar-refractivity contribution in [2.45, 2.75) is 6.18 Å². The van der Waals surface area contributed by atoms with Crippen LogP contribution in [0, 0.1) is 0 Å². The van der Waals surface area contributed by atoms with Gasteiger partial charge in [0.2, 0.25) is 6.29 Å². The summed E-state index contributed by atoms with van der Waals surface area (Å²) >= 11 is 0. The van der Waals surface area contributed by atoms with Gasteiger partial charge in [0, 0.05) is 0 Å². The highest BCUT2D eigenvalue weighted by Crippen LogP contribution is 2.08. The van der Waals surface area contributed by atoms with Crippen molar-refractivity contribution >= 4 is 6.29 Å². The summed E-state index contributed by atoms with van der Waals surface area (Å²) in [5.74, 6) is 0. The molecule has 0 unspecified atom stereocenters. The molecule has 0 aliphatic carbocycles. The van der Waals surface area contributed by atoms with E-state index in [9.17, 15) is 13.2 Å². The van der Waals surface area contributed by atoms with Crippen LogP contribution in [0.15, 0.2) is 0 Å². The van der Waals surface area contributed by atoms with Crippen LogP contribution in [0.3, 0.4) is 0 Å². The van der Waals surface area contributed by atoms with Crippen molar-refractivity contribution < 1.29 is 18.0 Å². The van der Waals surface area contributed by atoms with Gasteiger partial charge in [-0.1, -0.05) is 0 Å². The van der Waals surface area contributed by atoms with Crippen LogP contribution in [0.2, 0.25) is 0 Å². The second-order valence-electron chi connectivity index (χ2n) is 0.659. The Hall–Kier alpha value is -0.580. The van der Waals surface area contributed by atoms with Crippen molar-refractivity contribution in [2.24, 2.45) is 0 Å². The average molecular weight is 115 g/mol. The van der Waals surface area contributed by atoms with Crippen LogP contribution in [0.5, 0.6) is 0 Å². The number of rotatable bonds is 0. The summed E-state index contributed by atoms with van der Waals surface area (Å²) < 4.78 is 31.2. The first kappa shape index (κ1) is 9.65. The number of carbonyl (C=O) groups is 1. The second kappa shape index (κ2) is 2.57. The predicted molar refractivity (Wildman–Crippen MR) is 17.1 cm³/mol. The molecule has 3 N–H and O–H groups in total. The maximum atomic E-state index is 10.4. The fraction of sp³-hybridized carbons (Fsp3) is 0.500. The first-order valence-electron chi connectivity index (χ1n) is 1.09. The Morgan fingerprint density at radius 2 is 1.43 bits per heavy atom. The molecular weight excluding hydrogens is 111 g/mol. The summed E-state index contributed by atoms with van der Waals surface area (Å²) in [4.78, 5) is 8.70. The molecule has 0 saturated heterocycles. The molecule has 44 valence electrons. The van der Waals surface area contributed by atoms with E-state index in [0.29, 0.717) is 0 Å². The average Bonchev–Trinajstić information content (AvgIpc) is 1.35. The highest BCUT2D eigenvalue weighted by Gasteiger charge is 2.24. The summed E-state index contributed by atoms with van der Waals surface area (Å²) in [5.41, 5.74) is 0. The van der Waals surface area contributed by atoms with Crippen LogP contribution in [0.4, 0.5) is 13.2 Å². The Balaban J connectivity index is 0. The van der Waals surface area contributed by atoms with Gasteiger partial charge < -0.3 is 6.15 Å². The van der Waals surface area contributed by atoms with Crippen molar-refractivity contribution in [2.75, 3.05) is 0 Å². The van der Waals surface area contributed by atoms with Gasteiger partial charge in [-0.05, 0) is 0 Å². The Kier molecular flexibility index (Phi) is 3.54. The topological polar surface area (TPSA) is 52.1 Å². The van der Waals surface area contributed by atoms with E-state index >= 15 is 0 Å². The number of hydrogen-bond donors (Lipinski definition) is 1. The number of alkyl halides is 3. The van der Waals surface area contributed by atoms with Gasteiger partial charge in [-0.2, -0.15) is 13.2 Å². The molecule has 0 bridgehead atoms. The van der Waals surface area contributed by atoms with Gasteiger partial charge in [0.1, 0.15) is 0 Å². The Morgan fingerprint density at radius 1 is 1.29 bits per heavy atom. The van der Waals surface area contributed by atoms with E-state index in [2.05, 4.69) is 0 Å². The molecule has 0 atom stereocenters. The monoisotopic (exact) mass is 115 g/mol.